The van der Waals surface area contributed by atoms with Gasteiger partial charge < -0.3 is 13.6 Å². The van der Waals surface area contributed by atoms with Gasteiger partial charge in [0.2, 0.25) is 5.89 Å². The number of furan rings is 1. The van der Waals surface area contributed by atoms with Crippen LogP contribution in [-0.2, 0) is 17.9 Å². The largest absolute Gasteiger partial charge is 0.459 e. The predicted molar refractivity (Wildman–Crippen MR) is 89.3 cm³/mol. The lowest BCUT2D eigenvalue weighted by Gasteiger charge is -2.31. The summed E-state index contributed by atoms with van der Waals surface area (Å²) in [7, 11) is 0. The normalized spacial score (nSPS) is 18.5. The maximum atomic E-state index is 6.02. The minimum absolute atomic E-state index is 0.197. The van der Waals surface area contributed by atoms with Crippen molar-refractivity contribution in [3.63, 3.8) is 0 Å². The number of rotatable bonds is 6. The minimum atomic E-state index is 0.197. The Balaban J connectivity index is 1.31. The Kier molecular flexibility index (Phi) is 4.85. The van der Waals surface area contributed by atoms with Crippen LogP contribution in [0.5, 0.6) is 0 Å². The lowest BCUT2D eigenvalue weighted by Crippen LogP contribution is -2.39. The number of aromatic nitrogens is 3. The molecule has 0 saturated carbocycles. The first-order valence-electron chi connectivity index (χ1n) is 8.47. The third-order valence-electron chi connectivity index (χ3n) is 4.21. The Morgan fingerprint density at radius 3 is 3.04 bits per heavy atom. The number of piperidine rings is 1. The zero-order chi connectivity index (χ0) is 16.9. The molecule has 7 nitrogen and oxygen atoms in total. The molecule has 0 bridgehead atoms. The van der Waals surface area contributed by atoms with Gasteiger partial charge in [0.1, 0.15) is 0 Å². The van der Waals surface area contributed by atoms with Gasteiger partial charge in [0, 0.05) is 12.7 Å². The van der Waals surface area contributed by atoms with Crippen molar-refractivity contribution in [2.75, 3.05) is 13.1 Å². The van der Waals surface area contributed by atoms with Gasteiger partial charge in [-0.15, -0.1) is 10.2 Å². The standard InChI is InChI=1S/C18H20N4O3/c1-2-8-19-14(5-1)13-24-15-6-3-9-22(11-15)12-17-20-21-18(25-17)16-7-4-10-23-16/h1-2,4-5,7-8,10,15H,3,6,9,11-13H2. The van der Waals surface area contributed by atoms with E-state index in [0.29, 0.717) is 30.7 Å². The van der Waals surface area contributed by atoms with Gasteiger partial charge in [-0.3, -0.25) is 9.88 Å². The number of pyridine rings is 1. The summed E-state index contributed by atoms with van der Waals surface area (Å²) in [6.07, 6.45) is 5.73. The molecule has 1 atom stereocenters. The fourth-order valence-electron chi connectivity index (χ4n) is 2.99. The van der Waals surface area contributed by atoms with Crippen molar-refractivity contribution in [1.29, 1.82) is 0 Å². The van der Waals surface area contributed by atoms with E-state index in [1.54, 1.807) is 24.6 Å². The van der Waals surface area contributed by atoms with Crippen LogP contribution in [0.4, 0.5) is 0 Å². The first kappa shape index (κ1) is 16.0. The van der Waals surface area contributed by atoms with Crippen LogP contribution in [-0.4, -0.2) is 39.3 Å². The second-order valence-electron chi connectivity index (χ2n) is 6.11. The van der Waals surface area contributed by atoms with Crippen molar-refractivity contribution >= 4 is 0 Å². The van der Waals surface area contributed by atoms with Crippen LogP contribution < -0.4 is 0 Å². The number of nitrogens with zero attached hydrogens (tertiary/aromatic N) is 4. The average Bonchev–Trinajstić information content (AvgIpc) is 3.33. The monoisotopic (exact) mass is 340 g/mol. The molecule has 0 aromatic carbocycles. The van der Waals surface area contributed by atoms with E-state index in [-0.39, 0.29) is 6.10 Å². The fraction of sp³-hybridized carbons (Fsp3) is 0.389. The average molecular weight is 340 g/mol. The molecule has 0 amide bonds. The summed E-state index contributed by atoms with van der Waals surface area (Å²) in [6.45, 7) is 3.02. The van der Waals surface area contributed by atoms with Crippen molar-refractivity contribution in [3.8, 4) is 11.7 Å². The summed E-state index contributed by atoms with van der Waals surface area (Å²) in [5.41, 5.74) is 0.958. The van der Waals surface area contributed by atoms with E-state index in [1.165, 1.54) is 0 Å². The highest BCUT2D eigenvalue weighted by atomic mass is 16.5. The molecule has 1 aliphatic rings. The molecule has 0 aliphatic carbocycles. The second kappa shape index (κ2) is 7.58. The van der Waals surface area contributed by atoms with Crippen molar-refractivity contribution in [2.24, 2.45) is 0 Å². The van der Waals surface area contributed by atoms with Crippen LogP contribution in [0.3, 0.4) is 0 Å². The Hall–Kier alpha value is -2.51. The van der Waals surface area contributed by atoms with E-state index in [4.69, 9.17) is 13.6 Å². The molecule has 4 rings (SSSR count). The molecule has 1 unspecified atom stereocenters. The van der Waals surface area contributed by atoms with Crippen LogP contribution >= 0.6 is 0 Å². The highest BCUT2D eigenvalue weighted by Gasteiger charge is 2.22. The maximum Gasteiger partial charge on any atom is 0.283 e. The van der Waals surface area contributed by atoms with Crippen LogP contribution in [0.25, 0.3) is 11.7 Å². The molecule has 1 saturated heterocycles. The molecular formula is C18H20N4O3. The number of hydrogen-bond acceptors (Lipinski definition) is 7. The number of likely N-dealkylation sites (tertiary alicyclic amines) is 1. The van der Waals surface area contributed by atoms with Crippen molar-refractivity contribution in [1.82, 2.24) is 20.1 Å². The molecule has 0 spiro atoms. The highest BCUT2D eigenvalue weighted by Crippen LogP contribution is 2.20. The zero-order valence-electron chi connectivity index (χ0n) is 13.9. The zero-order valence-corrected chi connectivity index (χ0v) is 13.9. The first-order chi connectivity index (χ1) is 12.4. The van der Waals surface area contributed by atoms with E-state index in [0.717, 1.165) is 31.6 Å². The van der Waals surface area contributed by atoms with Gasteiger partial charge in [0.05, 0.1) is 31.2 Å². The van der Waals surface area contributed by atoms with E-state index >= 15 is 0 Å². The molecule has 1 fully saturated rings. The first-order valence-corrected chi connectivity index (χ1v) is 8.47. The predicted octanol–water partition coefficient (Wildman–Crippen LogP) is 2.91. The number of hydrogen-bond donors (Lipinski definition) is 0. The summed E-state index contributed by atoms with van der Waals surface area (Å²) in [5, 5.41) is 8.16. The molecule has 3 aromatic rings. The molecule has 3 aromatic heterocycles. The van der Waals surface area contributed by atoms with Gasteiger partial charge in [-0.05, 0) is 43.7 Å². The maximum absolute atomic E-state index is 6.02. The number of ether oxygens (including phenoxy) is 1. The topological polar surface area (TPSA) is 77.4 Å². The second-order valence-corrected chi connectivity index (χ2v) is 6.11. The quantitative estimate of drug-likeness (QED) is 0.683. The molecular weight excluding hydrogens is 320 g/mol. The summed E-state index contributed by atoms with van der Waals surface area (Å²) >= 11 is 0. The van der Waals surface area contributed by atoms with Gasteiger partial charge in [0.15, 0.2) is 5.76 Å². The summed E-state index contributed by atoms with van der Waals surface area (Å²) in [5.74, 6) is 1.60. The smallest absolute Gasteiger partial charge is 0.283 e. The molecule has 7 heteroatoms. The van der Waals surface area contributed by atoms with Gasteiger partial charge in [-0.1, -0.05) is 6.07 Å². The summed E-state index contributed by atoms with van der Waals surface area (Å²) in [6, 6.07) is 9.47. The van der Waals surface area contributed by atoms with Gasteiger partial charge in [-0.2, -0.15) is 0 Å². The Morgan fingerprint density at radius 1 is 1.20 bits per heavy atom. The van der Waals surface area contributed by atoms with Crippen LogP contribution in [0.2, 0.25) is 0 Å². The Morgan fingerprint density at radius 2 is 2.20 bits per heavy atom. The molecule has 130 valence electrons. The lowest BCUT2D eigenvalue weighted by atomic mass is 10.1. The molecule has 0 radical (unpaired) electrons. The Labute approximate surface area is 145 Å². The summed E-state index contributed by atoms with van der Waals surface area (Å²) in [4.78, 5) is 6.58. The van der Waals surface area contributed by atoms with Crippen molar-refractivity contribution in [2.45, 2.75) is 32.1 Å². The van der Waals surface area contributed by atoms with Crippen LogP contribution in [0.1, 0.15) is 24.4 Å². The summed E-state index contributed by atoms with van der Waals surface area (Å²) < 4.78 is 17.0. The SMILES string of the molecule is c1ccc(COC2CCCN(Cc3nnc(-c4ccco4)o3)C2)nc1. The van der Waals surface area contributed by atoms with E-state index in [2.05, 4.69) is 20.1 Å². The van der Waals surface area contributed by atoms with Crippen molar-refractivity contribution < 1.29 is 13.6 Å². The third kappa shape index (κ3) is 4.12. The lowest BCUT2D eigenvalue weighted by molar-refractivity contribution is -0.0149. The third-order valence-corrected chi connectivity index (χ3v) is 4.21. The van der Waals surface area contributed by atoms with E-state index in [1.807, 2.05) is 18.2 Å². The molecule has 0 N–H and O–H groups in total. The van der Waals surface area contributed by atoms with Crippen LogP contribution in [0, 0.1) is 0 Å². The molecule has 1 aliphatic heterocycles. The fourth-order valence-corrected chi connectivity index (χ4v) is 2.99. The van der Waals surface area contributed by atoms with Gasteiger partial charge >= 0.3 is 0 Å². The van der Waals surface area contributed by atoms with E-state index < -0.39 is 0 Å². The minimum Gasteiger partial charge on any atom is -0.459 e. The van der Waals surface area contributed by atoms with E-state index in [9.17, 15) is 0 Å². The van der Waals surface area contributed by atoms with Gasteiger partial charge in [-0.25, -0.2) is 0 Å². The Bertz CT molecular complexity index is 773. The van der Waals surface area contributed by atoms with Crippen LogP contribution in [0.15, 0.2) is 51.6 Å². The highest BCUT2D eigenvalue weighted by molar-refractivity contribution is 5.42. The molecule has 4 heterocycles. The molecule has 25 heavy (non-hydrogen) atoms. The van der Waals surface area contributed by atoms with Gasteiger partial charge in [0.25, 0.3) is 5.89 Å². The van der Waals surface area contributed by atoms with Crippen molar-refractivity contribution in [3.05, 3.63) is 54.4 Å².